The van der Waals surface area contributed by atoms with Crippen LogP contribution in [0.25, 0.3) is 23.0 Å². The number of benzene rings is 1. The Morgan fingerprint density at radius 1 is 0.938 bits per heavy atom. The lowest BCUT2D eigenvalue weighted by Gasteiger charge is -2.35. The maximum atomic E-state index is 12.7. The predicted octanol–water partition coefficient (Wildman–Crippen LogP) is 2.86. The van der Waals surface area contributed by atoms with Crippen LogP contribution in [0.1, 0.15) is 16.1 Å². The lowest BCUT2D eigenvalue weighted by atomic mass is 10.2. The van der Waals surface area contributed by atoms with Gasteiger partial charge in [-0.3, -0.25) is 14.8 Å². The van der Waals surface area contributed by atoms with Crippen molar-refractivity contribution >= 4 is 11.7 Å². The van der Waals surface area contributed by atoms with Crippen LogP contribution in [-0.2, 0) is 0 Å². The van der Waals surface area contributed by atoms with E-state index in [0.29, 0.717) is 54.9 Å². The molecule has 1 amide bonds. The van der Waals surface area contributed by atoms with Gasteiger partial charge in [-0.25, -0.2) is 4.98 Å². The molecule has 1 aliphatic rings. The minimum atomic E-state index is -0.00673. The summed E-state index contributed by atoms with van der Waals surface area (Å²) in [6.07, 6.45) is 5.00. The number of hydrogen-bond donors (Lipinski definition) is 0. The molecule has 0 radical (unpaired) electrons. The number of nitrogens with zero attached hydrogens (tertiary/aromatic N) is 7. The number of amides is 1. The van der Waals surface area contributed by atoms with Gasteiger partial charge in [-0.05, 0) is 31.2 Å². The van der Waals surface area contributed by atoms with Crippen molar-refractivity contribution in [3.05, 3.63) is 72.3 Å². The summed E-state index contributed by atoms with van der Waals surface area (Å²) in [7, 11) is 0. The van der Waals surface area contributed by atoms with Crippen LogP contribution in [0.3, 0.4) is 0 Å². The van der Waals surface area contributed by atoms with Crippen molar-refractivity contribution in [3.8, 4) is 23.0 Å². The molecule has 1 aliphatic heterocycles. The summed E-state index contributed by atoms with van der Waals surface area (Å²) in [6.45, 7) is 4.36. The second kappa shape index (κ2) is 8.54. The highest BCUT2D eigenvalue weighted by atomic mass is 16.4. The van der Waals surface area contributed by atoms with Crippen molar-refractivity contribution in [1.82, 2.24) is 30.0 Å². The first-order chi connectivity index (χ1) is 15.7. The smallest absolute Gasteiger partial charge is 0.268 e. The first-order valence-corrected chi connectivity index (χ1v) is 10.4. The molecule has 0 atom stereocenters. The number of rotatable bonds is 4. The number of piperazine rings is 1. The van der Waals surface area contributed by atoms with E-state index in [2.05, 4.69) is 25.1 Å². The lowest BCUT2D eigenvalue weighted by molar-refractivity contribution is 0.0746. The number of hydrogen-bond acceptors (Lipinski definition) is 8. The number of carbonyl (C=O) groups excluding carboxylic acids is 1. The summed E-state index contributed by atoms with van der Waals surface area (Å²) in [4.78, 5) is 29.9. The van der Waals surface area contributed by atoms with Gasteiger partial charge in [0.25, 0.3) is 11.8 Å². The molecule has 9 nitrogen and oxygen atoms in total. The third-order valence-electron chi connectivity index (χ3n) is 5.39. The van der Waals surface area contributed by atoms with Gasteiger partial charge >= 0.3 is 0 Å². The van der Waals surface area contributed by atoms with Crippen LogP contribution >= 0.6 is 0 Å². The molecule has 0 bridgehead atoms. The normalized spacial score (nSPS) is 13.9. The van der Waals surface area contributed by atoms with E-state index in [0.717, 1.165) is 11.4 Å². The zero-order chi connectivity index (χ0) is 21.9. The van der Waals surface area contributed by atoms with Crippen LogP contribution < -0.4 is 4.90 Å². The van der Waals surface area contributed by atoms with Crippen molar-refractivity contribution in [1.29, 1.82) is 0 Å². The average Bonchev–Trinajstić information content (AvgIpc) is 3.35. The van der Waals surface area contributed by atoms with E-state index in [1.54, 1.807) is 30.7 Å². The van der Waals surface area contributed by atoms with E-state index in [1.807, 2.05) is 42.2 Å². The monoisotopic (exact) mass is 427 g/mol. The van der Waals surface area contributed by atoms with E-state index in [4.69, 9.17) is 9.40 Å². The van der Waals surface area contributed by atoms with Gasteiger partial charge in [-0.1, -0.05) is 18.2 Å². The van der Waals surface area contributed by atoms with Crippen molar-refractivity contribution in [2.45, 2.75) is 6.92 Å². The molecule has 0 aliphatic carbocycles. The minimum absolute atomic E-state index is 0.00673. The van der Waals surface area contributed by atoms with Gasteiger partial charge in [-0.15, -0.1) is 10.2 Å². The second-order valence-electron chi connectivity index (χ2n) is 7.46. The quantitative estimate of drug-likeness (QED) is 0.490. The van der Waals surface area contributed by atoms with E-state index in [1.165, 1.54) is 0 Å². The first kappa shape index (κ1) is 19.8. The molecule has 1 aromatic carbocycles. The Kier molecular flexibility index (Phi) is 5.29. The second-order valence-corrected chi connectivity index (χ2v) is 7.46. The highest BCUT2D eigenvalue weighted by Gasteiger charge is 2.24. The largest absolute Gasteiger partial charge is 0.415 e. The molecule has 9 heteroatoms. The van der Waals surface area contributed by atoms with Crippen molar-refractivity contribution in [3.63, 3.8) is 0 Å². The summed E-state index contributed by atoms with van der Waals surface area (Å²) < 4.78 is 5.87. The maximum Gasteiger partial charge on any atom is 0.268 e. The fraction of sp³-hybridized carbons (Fsp3) is 0.217. The molecule has 4 aromatic rings. The fourth-order valence-electron chi connectivity index (χ4n) is 3.62. The maximum absolute atomic E-state index is 12.7. The number of anilines is 1. The van der Waals surface area contributed by atoms with Crippen LogP contribution in [0.4, 0.5) is 5.82 Å². The molecule has 4 heterocycles. The van der Waals surface area contributed by atoms with E-state index < -0.39 is 0 Å². The summed E-state index contributed by atoms with van der Waals surface area (Å²) in [5.74, 6) is 1.49. The Morgan fingerprint density at radius 3 is 2.47 bits per heavy atom. The Bertz CT molecular complexity index is 1220. The molecule has 5 rings (SSSR count). The van der Waals surface area contributed by atoms with Crippen LogP contribution in [0.5, 0.6) is 0 Å². The molecular weight excluding hydrogens is 406 g/mol. The molecule has 0 unspecified atom stereocenters. The van der Waals surface area contributed by atoms with Gasteiger partial charge in [0.05, 0.1) is 17.5 Å². The van der Waals surface area contributed by atoms with E-state index in [9.17, 15) is 4.79 Å². The van der Waals surface area contributed by atoms with Gasteiger partial charge in [0, 0.05) is 44.1 Å². The third-order valence-corrected chi connectivity index (χ3v) is 5.39. The number of pyridine rings is 1. The summed E-state index contributed by atoms with van der Waals surface area (Å²) in [5, 5.41) is 8.34. The zero-order valence-electron chi connectivity index (χ0n) is 17.5. The van der Waals surface area contributed by atoms with Gasteiger partial charge < -0.3 is 14.2 Å². The van der Waals surface area contributed by atoms with E-state index in [-0.39, 0.29) is 5.91 Å². The molecule has 0 N–H and O–H groups in total. The minimum Gasteiger partial charge on any atom is -0.415 e. The zero-order valence-corrected chi connectivity index (χ0v) is 17.5. The Balaban J connectivity index is 1.32. The molecule has 3 aromatic heterocycles. The van der Waals surface area contributed by atoms with E-state index >= 15 is 0 Å². The fourth-order valence-corrected chi connectivity index (χ4v) is 3.62. The summed E-state index contributed by atoms with van der Waals surface area (Å²) in [5.41, 5.74) is 2.72. The molecule has 160 valence electrons. The third kappa shape index (κ3) is 3.92. The lowest BCUT2D eigenvalue weighted by Crippen LogP contribution is -2.49. The molecule has 1 saturated heterocycles. The molecule has 0 saturated carbocycles. The summed E-state index contributed by atoms with van der Waals surface area (Å²) >= 11 is 0. The molecule has 0 spiro atoms. The first-order valence-electron chi connectivity index (χ1n) is 10.4. The Labute approximate surface area is 184 Å². The average molecular weight is 427 g/mol. The number of aryl methyl sites for hydroxylation is 1. The molecule has 1 fully saturated rings. The topological polar surface area (TPSA) is 101 Å². The Hall–Kier alpha value is -4.14. The van der Waals surface area contributed by atoms with Crippen LogP contribution in [-0.4, -0.2) is 62.1 Å². The molecular formula is C23H21N7O2. The summed E-state index contributed by atoms with van der Waals surface area (Å²) in [6, 6.07) is 13.2. The van der Waals surface area contributed by atoms with Crippen LogP contribution in [0, 0.1) is 6.92 Å². The predicted molar refractivity (Wildman–Crippen MR) is 118 cm³/mol. The number of carbonyl (C=O) groups is 1. The van der Waals surface area contributed by atoms with Crippen molar-refractivity contribution in [2.24, 2.45) is 0 Å². The highest BCUT2D eigenvalue weighted by Crippen LogP contribution is 2.26. The van der Waals surface area contributed by atoms with Crippen LogP contribution in [0.2, 0.25) is 0 Å². The standard InChI is InChI=1S/C23H21N7O2/c1-16-20(22-28-27-21(32-22)17-6-3-2-4-7-17)26-19(15-25-16)29-10-12-30(13-11-29)23(31)18-8-5-9-24-14-18/h2-9,14-15H,10-13H2,1H3. The van der Waals surface area contributed by atoms with Crippen molar-refractivity contribution in [2.75, 3.05) is 31.1 Å². The number of aromatic nitrogens is 5. The van der Waals surface area contributed by atoms with Gasteiger partial charge in [-0.2, -0.15) is 0 Å². The van der Waals surface area contributed by atoms with Gasteiger partial charge in [0.2, 0.25) is 5.89 Å². The van der Waals surface area contributed by atoms with Gasteiger partial charge in [0.1, 0.15) is 5.82 Å². The highest BCUT2D eigenvalue weighted by molar-refractivity contribution is 5.94. The molecule has 32 heavy (non-hydrogen) atoms. The SMILES string of the molecule is Cc1ncc(N2CCN(C(=O)c3cccnc3)CC2)nc1-c1nnc(-c2ccccc2)o1. The van der Waals surface area contributed by atoms with Gasteiger partial charge in [0.15, 0.2) is 5.69 Å². The van der Waals surface area contributed by atoms with Crippen LogP contribution in [0.15, 0.2) is 65.5 Å². The van der Waals surface area contributed by atoms with Crippen molar-refractivity contribution < 1.29 is 9.21 Å². The Morgan fingerprint density at radius 2 is 1.72 bits per heavy atom.